The highest BCUT2D eigenvalue weighted by atomic mass is 16.5. The molecule has 0 bridgehead atoms. The minimum atomic E-state index is -0.601. The first kappa shape index (κ1) is 17.9. The Kier molecular flexibility index (Phi) is 5.23. The number of carbonyl (C=O) groups is 2. The van der Waals surface area contributed by atoms with Gasteiger partial charge in [0.05, 0.1) is 19.8 Å². The van der Waals surface area contributed by atoms with E-state index in [4.69, 9.17) is 9.47 Å². The summed E-state index contributed by atoms with van der Waals surface area (Å²) < 4.78 is 9.77. The molecule has 1 aromatic rings. The number of hydrogen-bond donors (Lipinski definition) is 0. The van der Waals surface area contributed by atoms with E-state index in [9.17, 15) is 9.59 Å². The predicted molar refractivity (Wildman–Crippen MR) is 98.3 cm³/mol. The number of nitrogens with zero attached hydrogens (tertiary/aromatic N) is 2. The molecule has 0 aliphatic carbocycles. The van der Waals surface area contributed by atoms with Crippen LogP contribution in [0.1, 0.15) is 11.1 Å². The van der Waals surface area contributed by atoms with E-state index in [0.29, 0.717) is 0 Å². The first-order chi connectivity index (χ1) is 12.5. The maximum absolute atomic E-state index is 12.5. The molecule has 0 fully saturated rings. The standard InChI is InChI=1S/C20H22N2O4/c1-21-11-9-14-7-8-16(12-15(14)13-21)22-10-5-4-6-17(19(23)25-2)18(22)20(24)26-3/h4-8,10,12H,9,11,13H2,1-3H3. The summed E-state index contributed by atoms with van der Waals surface area (Å²) in [5.74, 6) is -1.19. The number of benzene rings is 1. The summed E-state index contributed by atoms with van der Waals surface area (Å²) in [5.41, 5.74) is 3.60. The number of likely N-dealkylation sites (N-methyl/N-ethyl adjacent to an activating group) is 1. The van der Waals surface area contributed by atoms with Crippen molar-refractivity contribution in [2.45, 2.75) is 13.0 Å². The van der Waals surface area contributed by atoms with Gasteiger partial charge in [-0.1, -0.05) is 12.1 Å². The van der Waals surface area contributed by atoms with Gasteiger partial charge in [-0.05, 0) is 48.9 Å². The molecule has 2 aliphatic rings. The molecule has 0 radical (unpaired) electrons. The fourth-order valence-corrected chi connectivity index (χ4v) is 3.20. The van der Waals surface area contributed by atoms with Crippen molar-refractivity contribution < 1.29 is 19.1 Å². The van der Waals surface area contributed by atoms with Crippen molar-refractivity contribution in [3.8, 4) is 0 Å². The number of esters is 2. The number of fused-ring (bicyclic) bond motifs is 1. The Labute approximate surface area is 153 Å². The molecular weight excluding hydrogens is 332 g/mol. The summed E-state index contributed by atoms with van der Waals surface area (Å²) in [6.07, 6.45) is 7.76. The Morgan fingerprint density at radius 1 is 1.04 bits per heavy atom. The Morgan fingerprint density at radius 2 is 1.81 bits per heavy atom. The van der Waals surface area contributed by atoms with Crippen LogP contribution in [0.15, 0.2) is 53.9 Å². The van der Waals surface area contributed by atoms with Gasteiger partial charge in [0.1, 0.15) is 5.70 Å². The fraction of sp³-hybridized carbons (Fsp3) is 0.300. The highest BCUT2D eigenvalue weighted by Crippen LogP contribution is 2.29. The third kappa shape index (κ3) is 3.41. The molecule has 0 saturated carbocycles. The van der Waals surface area contributed by atoms with E-state index in [0.717, 1.165) is 25.2 Å². The monoisotopic (exact) mass is 354 g/mol. The normalized spacial score (nSPS) is 17.0. The van der Waals surface area contributed by atoms with Crippen molar-refractivity contribution in [3.63, 3.8) is 0 Å². The summed E-state index contributed by atoms with van der Waals surface area (Å²) in [5, 5.41) is 0. The highest BCUT2D eigenvalue weighted by Gasteiger charge is 2.28. The molecular formula is C20H22N2O4. The zero-order valence-corrected chi connectivity index (χ0v) is 15.2. The van der Waals surface area contributed by atoms with Crippen LogP contribution in [0.2, 0.25) is 0 Å². The zero-order valence-electron chi connectivity index (χ0n) is 15.2. The zero-order chi connectivity index (χ0) is 18.7. The Hall–Kier alpha value is -2.86. The third-order valence-corrected chi connectivity index (χ3v) is 4.56. The number of anilines is 1. The van der Waals surface area contributed by atoms with Gasteiger partial charge in [0, 0.05) is 25.0 Å². The summed E-state index contributed by atoms with van der Waals surface area (Å²) >= 11 is 0. The van der Waals surface area contributed by atoms with E-state index in [1.165, 1.54) is 25.3 Å². The minimum Gasteiger partial charge on any atom is -0.465 e. The molecule has 0 saturated heterocycles. The second-order valence-electron chi connectivity index (χ2n) is 6.26. The topological polar surface area (TPSA) is 59.1 Å². The number of hydrogen-bond acceptors (Lipinski definition) is 6. The van der Waals surface area contributed by atoms with Gasteiger partial charge in [-0.2, -0.15) is 0 Å². The van der Waals surface area contributed by atoms with Crippen LogP contribution in [-0.2, 0) is 32.0 Å². The first-order valence-electron chi connectivity index (χ1n) is 8.40. The van der Waals surface area contributed by atoms with Crippen molar-refractivity contribution in [3.05, 3.63) is 65.0 Å². The van der Waals surface area contributed by atoms with Gasteiger partial charge < -0.3 is 19.3 Å². The fourth-order valence-electron chi connectivity index (χ4n) is 3.20. The van der Waals surface area contributed by atoms with E-state index in [2.05, 4.69) is 24.1 Å². The molecule has 0 spiro atoms. The molecule has 3 rings (SSSR count). The first-order valence-corrected chi connectivity index (χ1v) is 8.40. The highest BCUT2D eigenvalue weighted by molar-refractivity contribution is 6.05. The van der Waals surface area contributed by atoms with Crippen molar-refractivity contribution in [1.82, 2.24) is 4.90 Å². The van der Waals surface area contributed by atoms with Gasteiger partial charge in [0.15, 0.2) is 0 Å². The third-order valence-electron chi connectivity index (χ3n) is 4.56. The van der Waals surface area contributed by atoms with Crippen LogP contribution < -0.4 is 4.90 Å². The van der Waals surface area contributed by atoms with Crippen LogP contribution in [0.3, 0.4) is 0 Å². The van der Waals surface area contributed by atoms with Crippen molar-refractivity contribution in [2.24, 2.45) is 0 Å². The second-order valence-corrected chi connectivity index (χ2v) is 6.26. The lowest BCUT2D eigenvalue weighted by atomic mass is 9.99. The van der Waals surface area contributed by atoms with Crippen molar-refractivity contribution in [1.29, 1.82) is 0 Å². The number of allylic oxidation sites excluding steroid dienone is 2. The maximum Gasteiger partial charge on any atom is 0.355 e. The summed E-state index contributed by atoms with van der Waals surface area (Å²) in [4.78, 5) is 28.6. The quantitative estimate of drug-likeness (QED) is 0.776. The number of ether oxygens (including phenoxy) is 2. The molecule has 0 unspecified atom stereocenters. The molecule has 2 aliphatic heterocycles. The summed E-state index contributed by atoms with van der Waals surface area (Å²) in [6.45, 7) is 1.87. The number of rotatable bonds is 3. The van der Waals surface area contributed by atoms with Crippen molar-refractivity contribution >= 4 is 17.6 Å². The molecule has 0 N–H and O–H groups in total. The molecule has 136 valence electrons. The Bertz CT molecular complexity index is 823. The van der Waals surface area contributed by atoms with Crippen LogP contribution in [0.5, 0.6) is 0 Å². The SMILES string of the molecule is COC(=O)C1=C(C(=O)OC)N(c2ccc3c(c2)CN(C)CC3)C=CC=C1. The predicted octanol–water partition coefficient (Wildman–Crippen LogP) is 2.16. The van der Waals surface area contributed by atoms with Gasteiger partial charge in [-0.25, -0.2) is 9.59 Å². The van der Waals surface area contributed by atoms with Gasteiger partial charge >= 0.3 is 11.9 Å². The van der Waals surface area contributed by atoms with Gasteiger partial charge in [0.25, 0.3) is 0 Å². The van der Waals surface area contributed by atoms with Crippen LogP contribution in [0.25, 0.3) is 0 Å². The van der Waals surface area contributed by atoms with Crippen molar-refractivity contribution in [2.75, 3.05) is 32.7 Å². The summed E-state index contributed by atoms with van der Waals surface area (Å²) in [6, 6.07) is 6.09. The largest absolute Gasteiger partial charge is 0.465 e. The van der Waals surface area contributed by atoms with E-state index < -0.39 is 11.9 Å². The molecule has 6 heteroatoms. The Morgan fingerprint density at radius 3 is 2.54 bits per heavy atom. The molecule has 1 aromatic carbocycles. The van der Waals surface area contributed by atoms with Crippen LogP contribution >= 0.6 is 0 Å². The number of carbonyl (C=O) groups excluding carboxylic acids is 2. The molecule has 2 heterocycles. The molecule has 26 heavy (non-hydrogen) atoms. The molecule has 0 amide bonds. The van der Waals surface area contributed by atoms with Gasteiger partial charge in [0.2, 0.25) is 0 Å². The lowest BCUT2D eigenvalue weighted by Crippen LogP contribution is -2.29. The second kappa shape index (κ2) is 7.58. The van der Waals surface area contributed by atoms with E-state index in [1.807, 2.05) is 6.07 Å². The van der Waals surface area contributed by atoms with E-state index >= 15 is 0 Å². The lowest BCUT2D eigenvalue weighted by molar-refractivity contribution is -0.139. The van der Waals surface area contributed by atoms with E-state index in [1.54, 1.807) is 29.3 Å². The van der Waals surface area contributed by atoms with Crippen LogP contribution in [0, 0.1) is 0 Å². The van der Waals surface area contributed by atoms with Gasteiger partial charge in [-0.15, -0.1) is 0 Å². The number of methoxy groups -OCH3 is 2. The molecule has 0 aromatic heterocycles. The van der Waals surface area contributed by atoms with Gasteiger partial charge in [-0.3, -0.25) is 0 Å². The maximum atomic E-state index is 12.5. The average molecular weight is 354 g/mol. The smallest absolute Gasteiger partial charge is 0.355 e. The average Bonchev–Trinajstić information content (AvgIpc) is 2.89. The van der Waals surface area contributed by atoms with Crippen LogP contribution in [-0.4, -0.2) is 44.7 Å². The molecule has 6 nitrogen and oxygen atoms in total. The molecule has 0 atom stereocenters. The summed E-state index contributed by atoms with van der Waals surface area (Å²) in [7, 11) is 4.67. The van der Waals surface area contributed by atoms with E-state index in [-0.39, 0.29) is 11.3 Å². The lowest BCUT2D eigenvalue weighted by Gasteiger charge is -2.28. The minimum absolute atomic E-state index is 0.133. The Balaban J connectivity index is 2.11. The van der Waals surface area contributed by atoms with Crippen LogP contribution in [0.4, 0.5) is 5.69 Å².